The van der Waals surface area contributed by atoms with Crippen LogP contribution in [-0.4, -0.2) is 0 Å². The van der Waals surface area contributed by atoms with Crippen LogP contribution in [0, 0.1) is 34.5 Å². The molecule has 0 aromatic heterocycles. The standard InChI is InChI=1S/C17H30.C2H6/c1-12-6-9-17(4)8-5-7-16(2,3)15-11-13(17)10-14(12)15;1-2/h12-15H,5-11H2,1-4H3;1-2H3. The molecule has 0 heterocycles. The molecule has 0 radical (unpaired) electrons. The molecule has 0 aromatic rings. The fourth-order valence-corrected chi connectivity index (χ4v) is 5.60. The van der Waals surface area contributed by atoms with E-state index in [1.807, 2.05) is 13.8 Å². The topological polar surface area (TPSA) is 0 Å². The van der Waals surface area contributed by atoms with E-state index in [0.717, 1.165) is 23.7 Å². The zero-order valence-electron chi connectivity index (χ0n) is 14.3. The summed E-state index contributed by atoms with van der Waals surface area (Å²) in [5.41, 5.74) is 1.32. The maximum absolute atomic E-state index is 2.62. The maximum Gasteiger partial charge on any atom is -0.0297 e. The van der Waals surface area contributed by atoms with Crippen LogP contribution in [0.25, 0.3) is 0 Å². The zero-order chi connectivity index (χ0) is 14.3. The molecule has 0 spiro atoms. The lowest BCUT2D eigenvalue weighted by molar-refractivity contribution is 0.0545. The van der Waals surface area contributed by atoms with Gasteiger partial charge in [-0.3, -0.25) is 0 Å². The molecule has 3 aliphatic rings. The van der Waals surface area contributed by atoms with Gasteiger partial charge in [0.2, 0.25) is 0 Å². The van der Waals surface area contributed by atoms with Crippen LogP contribution in [-0.2, 0) is 0 Å². The molecule has 19 heavy (non-hydrogen) atoms. The predicted octanol–water partition coefficient (Wildman–Crippen LogP) is 6.30. The van der Waals surface area contributed by atoms with Gasteiger partial charge in [0.15, 0.2) is 0 Å². The van der Waals surface area contributed by atoms with Crippen LogP contribution in [0.5, 0.6) is 0 Å². The molecule has 112 valence electrons. The zero-order valence-corrected chi connectivity index (χ0v) is 14.3. The molecule has 0 aliphatic heterocycles. The van der Waals surface area contributed by atoms with E-state index in [-0.39, 0.29) is 0 Å². The van der Waals surface area contributed by atoms with Crippen LogP contribution in [0.3, 0.4) is 0 Å². The Balaban J connectivity index is 0.000000637. The van der Waals surface area contributed by atoms with Crippen LogP contribution in [0.1, 0.15) is 86.5 Å². The molecule has 0 heteroatoms. The van der Waals surface area contributed by atoms with Gasteiger partial charge in [0, 0.05) is 0 Å². The first-order valence-corrected chi connectivity index (χ1v) is 8.92. The molecule has 0 nitrogen and oxygen atoms in total. The third-order valence-electron chi connectivity index (χ3n) is 7.07. The first-order valence-electron chi connectivity index (χ1n) is 8.92. The van der Waals surface area contributed by atoms with Gasteiger partial charge in [0.25, 0.3) is 0 Å². The summed E-state index contributed by atoms with van der Waals surface area (Å²) in [7, 11) is 0. The summed E-state index contributed by atoms with van der Waals surface area (Å²) in [6.07, 6.45) is 10.6. The van der Waals surface area contributed by atoms with Crippen molar-refractivity contribution in [3.8, 4) is 0 Å². The Bertz CT molecular complexity index is 303. The summed E-state index contributed by atoms with van der Waals surface area (Å²) >= 11 is 0. The minimum Gasteiger partial charge on any atom is -0.0683 e. The second kappa shape index (κ2) is 5.41. The van der Waals surface area contributed by atoms with Gasteiger partial charge in [-0.15, -0.1) is 0 Å². The second-order valence-electron chi connectivity index (χ2n) is 8.45. The molecular weight excluding hydrogens is 228 g/mol. The highest BCUT2D eigenvalue weighted by molar-refractivity contribution is 5.02. The average molecular weight is 264 g/mol. The van der Waals surface area contributed by atoms with Crippen molar-refractivity contribution in [2.75, 3.05) is 0 Å². The van der Waals surface area contributed by atoms with Crippen LogP contribution in [0.15, 0.2) is 0 Å². The molecule has 3 aliphatic carbocycles. The van der Waals surface area contributed by atoms with E-state index in [4.69, 9.17) is 0 Å². The van der Waals surface area contributed by atoms with Crippen molar-refractivity contribution in [3.05, 3.63) is 0 Å². The summed E-state index contributed by atoms with van der Waals surface area (Å²) < 4.78 is 0. The summed E-state index contributed by atoms with van der Waals surface area (Å²) in [5.74, 6) is 4.13. The SMILES string of the molecule is CC.CC1CCC2(C)CCCC(C)(C)C3CC2CC13. The Morgan fingerprint density at radius 1 is 0.895 bits per heavy atom. The van der Waals surface area contributed by atoms with Gasteiger partial charge < -0.3 is 0 Å². The van der Waals surface area contributed by atoms with Gasteiger partial charge >= 0.3 is 0 Å². The van der Waals surface area contributed by atoms with Gasteiger partial charge in [-0.1, -0.05) is 48.0 Å². The third kappa shape index (κ3) is 2.61. The lowest BCUT2D eigenvalue weighted by Gasteiger charge is -2.45. The number of hydrogen-bond acceptors (Lipinski definition) is 0. The summed E-state index contributed by atoms with van der Waals surface area (Å²) in [6, 6.07) is 0. The lowest BCUT2D eigenvalue weighted by atomic mass is 9.61. The molecule has 3 fully saturated rings. The Hall–Kier alpha value is 0. The fourth-order valence-electron chi connectivity index (χ4n) is 5.60. The van der Waals surface area contributed by atoms with Crippen molar-refractivity contribution in [3.63, 3.8) is 0 Å². The van der Waals surface area contributed by atoms with E-state index >= 15 is 0 Å². The smallest absolute Gasteiger partial charge is 0.0297 e. The average Bonchev–Trinajstić information content (AvgIpc) is 2.80. The molecule has 5 unspecified atom stereocenters. The van der Waals surface area contributed by atoms with Crippen LogP contribution in [0.4, 0.5) is 0 Å². The molecule has 0 N–H and O–H groups in total. The van der Waals surface area contributed by atoms with Gasteiger partial charge in [0.05, 0.1) is 0 Å². The van der Waals surface area contributed by atoms with Gasteiger partial charge in [-0.2, -0.15) is 0 Å². The van der Waals surface area contributed by atoms with E-state index in [2.05, 4.69) is 27.7 Å². The number of fused-ring (bicyclic) bond motifs is 3. The normalized spacial score (nSPS) is 47.7. The van der Waals surface area contributed by atoms with E-state index in [9.17, 15) is 0 Å². The van der Waals surface area contributed by atoms with E-state index in [1.165, 1.54) is 32.1 Å². The summed E-state index contributed by atoms with van der Waals surface area (Å²) in [5, 5.41) is 0. The van der Waals surface area contributed by atoms with Crippen molar-refractivity contribution in [2.45, 2.75) is 86.5 Å². The van der Waals surface area contributed by atoms with Crippen LogP contribution < -0.4 is 0 Å². The summed E-state index contributed by atoms with van der Waals surface area (Å²) in [4.78, 5) is 0. The lowest BCUT2D eigenvalue weighted by Crippen LogP contribution is -2.35. The largest absolute Gasteiger partial charge is 0.0683 e. The minimum absolute atomic E-state index is 0.617. The van der Waals surface area contributed by atoms with E-state index in [0.29, 0.717) is 10.8 Å². The van der Waals surface area contributed by atoms with Gasteiger partial charge in [0.1, 0.15) is 0 Å². The highest BCUT2D eigenvalue weighted by atomic mass is 14.6. The van der Waals surface area contributed by atoms with Crippen molar-refractivity contribution < 1.29 is 0 Å². The number of hydrogen-bond donors (Lipinski definition) is 0. The minimum atomic E-state index is 0.617. The maximum atomic E-state index is 2.62. The number of rotatable bonds is 0. The first kappa shape index (κ1) is 15.4. The Kier molecular flexibility index (Phi) is 4.38. The third-order valence-corrected chi connectivity index (χ3v) is 7.07. The fraction of sp³-hybridized carbons (Fsp3) is 1.00. The van der Waals surface area contributed by atoms with Gasteiger partial charge in [-0.05, 0) is 73.0 Å². The monoisotopic (exact) mass is 264 g/mol. The quantitative estimate of drug-likeness (QED) is 0.481. The highest BCUT2D eigenvalue weighted by Gasteiger charge is 2.52. The highest BCUT2D eigenvalue weighted by Crippen LogP contribution is 2.62. The molecule has 3 rings (SSSR count). The molecule has 0 saturated heterocycles. The molecule has 3 saturated carbocycles. The van der Waals surface area contributed by atoms with E-state index < -0.39 is 0 Å². The predicted molar refractivity (Wildman–Crippen MR) is 85.2 cm³/mol. The Morgan fingerprint density at radius 2 is 1.58 bits per heavy atom. The van der Waals surface area contributed by atoms with Crippen LogP contribution >= 0.6 is 0 Å². The Labute approximate surface area is 121 Å². The molecular formula is C19H36. The van der Waals surface area contributed by atoms with Crippen molar-refractivity contribution in [2.24, 2.45) is 34.5 Å². The van der Waals surface area contributed by atoms with Crippen LogP contribution in [0.2, 0.25) is 0 Å². The first-order chi connectivity index (χ1) is 8.92. The van der Waals surface area contributed by atoms with Crippen molar-refractivity contribution in [1.82, 2.24) is 0 Å². The van der Waals surface area contributed by atoms with E-state index in [1.54, 1.807) is 12.8 Å². The van der Waals surface area contributed by atoms with Crippen molar-refractivity contribution >= 4 is 0 Å². The summed E-state index contributed by atoms with van der Waals surface area (Å²) in [6.45, 7) is 14.3. The molecule has 0 amide bonds. The molecule has 5 atom stereocenters. The Morgan fingerprint density at radius 3 is 2.26 bits per heavy atom. The second-order valence-corrected chi connectivity index (χ2v) is 8.45. The van der Waals surface area contributed by atoms with Gasteiger partial charge in [-0.25, -0.2) is 0 Å². The molecule has 3 bridgehead atoms. The van der Waals surface area contributed by atoms with Crippen molar-refractivity contribution in [1.29, 1.82) is 0 Å². The molecule has 0 aromatic carbocycles.